The lowest BCUT2D eigenvalue weighted by Crippen LogP contribution is -2.22. The number of para-hydroxylation sites is 1. The van der Waals surface area contributed by atoms with Crippen LogP contribution in [0.4, 0.5) is 10.8 Å². The average Bonchev–Trinajstić information content (AvgIpc) is 3.38. The third-order valence-corrected chi connectivity index (χ3v) is 7.39. The van der Waals surface area contributed by atoms with Crippen LogP contribution in [0, 0.1) is 25.2 Å². The van der Waals surface area contributed by atoms with Gasteiger partial charge >= 0.3 is 0 Å². The minimum Gasteiger partial charge on any atom is -0.322 e. The third kappa shape index (κ3) is 5.46. The Morgan fingerprint density at radius 2 is 1.76 bits per heavy atom. The summed E-state index contributed by atoms with van der Waals surface area (Å²) in [5, 5.41) is 24.2. The maximum atomic E-state index is 13.6. The van der Waals surface area contributed by atoms with Crippen LogP contribution < -0.4 is 16.2 Å². The molecular formula is C30H25N7O3S. The van der Waals surface area contributed by atoms with E-state index in [0.717, 1.165) is 11.1 Å². The molecule has 41 heavy (non-hydrogen) atoms. The fourth-order valence-corrected chi connectivity index (χ4v) is 4.87. The number of nitriles is 1. The van der Waals surface area contributed by atoms with E-state index < -0.39 is 11.3 Å². The molecule has 3 aromatic carbocycles. The predicted molar refractivity (Wildman–Crippen MR) is 158 cm³/mol. The summed E-state index contributed by atoms with van der Waals surface area (Å²) in [6.07, 6.45) is 1.37. The van der Waals surface area contributed by atoms with Crippen LogP contribution in [0.3, 0.4) is 0 Å². The van der Waals surface area contributed by atoms with Crippen LogP contribution in [0.15, 0.2) is 71.8 Å². The molecule has 0 unspecified atom stereocenters. The summed E-state index contributed by atoms with van der Waals surface area (Å²) in [5.41, 5.74) is 2.32. The molecule has 5 aromatic rings. The topological polar surface area (TPSA) is 143 Å². The summed E-state index contributed by atoms with van der Waals surface area (Å²) in [7, 11) is 0. The minimum atomic E-state index is -0.741. The third-order valence-electron chi connectivity index (χ3n) is 6.63. The normalized spacial score (nSPS) is 11.2. The molecule has 5 rings (SSSR count). The van der Waals surface area contributed by atoms with Crippen molar-refractivity contribution in [2.24, 2.45) is 0 Å². The van der Waals surface area contributed by atoms with Crippen molar-refractivity contribution in [2.75, 3.05) is 10.6 Å². The number of amides is 2. The first-order valence-corrected chi connectivity index (χ1v) is 13.4. The van der Waals surface area contributed by atoms with Gasteiger partial charge in [0.05, 0.1) is 33.6 Å². The number of anilines is 2. The number of carbonyl (C=O) groups is 2. The Hall–Kier alpha value is -5.21. The zero-order valence-electron chi connectivity index (χ0n) is 22.7. The van der Waals surface area contributed by atoms with Crippen molar-refractivity contribution in [1.82, 2.24) is 19.7 Å². The lowest BCUT2D eigenvalue weighted by atomic mass is 9.85. The first kappa shape index (κ1) is 27.4. The van der Waals surface area contributed by atoms with Crippen LogP contribution in [0.25, 0.3) is 16.6 Å². The second-order valence-corrected chi connectivity index (χ2v) is 11.2. The number of hydrogen-bond acceptors (Lipinski definition) is 8. The van der Waals surface area contributed by atoms with Gasteiger partial charge in [-0.3, -0.25) is 24.3 Å². The highest BCUT2D eigenvalue weighted by atomic mass is 32.1. The summed E-state index contributed by atoms with van der Waals surface area (Å²) in [6, 6.07) is 19.3. The van der Waals surface area contributed by atoms with E-state index in [1.165, 1.54) is 22.2 Å². The van der Waals surface area contributed by atoms with E-state index in [9.17, 15) is 19.6 Å². The smallest absolute Gasteiger partial charge is 0.265 e. The maximum Gasteiger partial charge on any atom is 0.265 e. The van der Waals surface area contributed by atoms with E-state index in [2.05, 4.69) is 31.9 Å². The summed E-state index contributed by atoms with van der Waals surface area (Å²) < 4.78 is 1.39. The van der Waals surface area contributed by atoms with Gasteiger partial charge in [-0.05, 0) is 75.2 Å². The Balaban J connectivity index is 1.46. The number of aromatic nitrogens is 4. The maximum absolute atomic E-state index is 13.6. The van der Waals surface area contributed by atoms with Gasteiger partial charge < -0.3 is 5.32 Å². The van der Waals surface area contributed by atoms with Crippen LogP contribution in [-0.4, -0.2) is 31.6 Å². The van der Waals surface area contributed by atoms with Crippen LogP contribution in [-0.2, 0) is 5.41 Å². The van der Waals surface area contributed by atoms with Gasteiger partial charge in [-0.1, -0.05) is 35.6 Å². The molecule has 2 amide bonds. The SMILES string of the molecule is Cc1nnc(NC(=O)c2cccc3c(=O)n(-c4cc(NC(=O)c5cccc(C(C)(C)C#N)c5)ccc4C)cnc23)s1. The van der Waals surface area contributed by atoms with Gasteiger partial charge in [-0.25, -0.2) is 4.98 Å². The number of aryl methyl sites for hydroxylation is 2. The molecule has 0 fully saturated rings. The Labute approximate surface area is 239 Å². The molecule has 0 aliphatic rings. The zero-order chi connectivity index (χ0) is 29.3. The van der Waals surface area contributed by atoms with Gasteiger partial charge in [0.2, 0.25) is 5.13 Å². The van der Waals surface area contributed by atoms with Crippen LogP contribution in [0.2, 0.25) is 0 Å². The highest BCUT2D eigenvalue weighted by Gasteiger charge is 2.21. The molecule has 0 aliphatic heterocycles. The number of rotatable bonds is 6. The summed E-state index contributed by atoms with van der Waals surface area (Å²) in [6.45, 7) is 7.21. The second kappa shape index (κ2) is 10.7. The van der Waals surface area contributed by atoms with E-state index >= 15 is 0 Å². The molecule has 0 saturated heterocycles. The number of fused-ring (bicyclic) bond motifs is 1. The lowest BCUT2D eigenvalue weighted by molar-refractivity contribution is 0.101. The first-order chi connectivity index (χ1) is 19.6. The van der Waals surface area contributed by atoms with Gasteiger partial charge in [-0.15, -0.1) is 10.2 Å². The Kier molecular flexibility index (Phi) is 7.17. The number of benzene rings is 3. The van der Waals surface area contributed by atoms with Crippen molar-refractivity contribution in [3.63, 3.8) is 0 Å². The molecule has 11 heteroatoms. The molecule has 0 saturated carbocycles. The molecule has 204 valence electrons. The Morgan fingerprint density at radius 1 is 0.976 bits per heavy atom. The molecule has 2 N–H and O–H groups in total. The quantitative estimate of drug-likeness (QED) is 0.290. The second-order valence-electron chi connectivity index (χ2n) is 9.97. The van der Waals surface area contributed by atoms with Crippen molar-refractivity contribution in [1.29, 1.82) is 5.26 Å². The molecule has 0 radical (unpaired) electrons. The Morgan fingerprint density at radius 3 is 2.49 bits per heavy atom. The van der Waals surface area contributed by atoms with Crippen LogP contribution in [0.5, 0.6) is 0 Å². The fourth-order valence-electron chi connectivity index (χ4n) is 4.28. The Bertz CT molecular complexity index is 1930. The number of carbonyl (C=O) groups excluding carboxylic acids is 2. The van der Waals surface area contributed by atoms with E-state index in [1.807, 2.05) is 13.0 Å². The van der Waals surface area contributed by atoms with E-state index in [1.54, 1.807) is 75.4 Å². The minimum absolute atomic E-state index is 0.235. The van der Waals surface area contributed by atoms with Crippen molar-refractivity contribution in [2.45, 2.75) is 33.1 Å². The van der Waals surface area contributed by atoms with Crippen molar-refractivity contribution in [3.05, 3.63) is 105 Å². The molecule has 0 spiro atoms. The van der Waals surface area contributed by atoms with Crippen molar-refractivity contribution < 1.29 is 9.59 Å². The van der Waals surface area contributed by atoms with E-state index in [4.69, 9.17) is 0 Å². The van der Waals surface area contributed by atoms with Crippen LogP contribution in [0.1, 0.15) is 50.7 Å². The standard InChI is InChI=1S/C30H25N7O3S/c1-17-11-12-21(33-26(38)19-7-5-8-20(13-19)30(3,4)15-31)14-24(17)37-16-32-25-22(9-6-10-23(25)28(37)40)27(39)34-29-36-35-18(2)41-29/h5-14,16H,1-4H3,(H,33,38)(H,34,36,39). The molecule has 0 aliphatic carbocycles. The van der Waals surface area contributed by atoms with Gasteiger partial charge in [0, 0.05) is 11.3 Å². The number of nitrogens with zero attached hydrogens (tertiary/aromatic N) is 5. The van der Waals surface area contributed by atoms with Gasteiger partial charge in [-0.2, -0.15) is 5.26 Å². The van der Waals surface area contributed by atoms with Crippen molar-refractivity contribution in [3.8, 4) is 11.8 Å². The fraction of sp³-hybridized carbons (Fsp3) is 0.167. The molecule has 2 heterocycles. The van der Waals surface area contributed by atoms with Crippen molar-refractivity contribution >= 4 is 44.9 Å². The molecule has 0 atom stereocenters. The van der Waals surface area contributed by atoms with Crippen LogP contribution >= 0.6 is 11.3 Å². The lowest BCUT2D eigenvalue weighted by Gasteiger charge is -2.17. The first-order valence-electron chi connectivity index (χ1n) is 12.6. The predicted octanol–water partition coefficient (Wildman–Crippen LogP) is 5.16. The summed E-state index contributed by atoms with van der Waals surface area (Å²) >= 11 is 1.24. The average molecular weight is 564 g/mol. The zero-order valence-corrected chi connectivity index (χ0v) is 23.5. The van der Waals surface area contributed by atoms with Gasteiger partial charge in [0.1, 0.15) is 11.3 Å². The number of hydrogen-bond donors (Lipinski definition) is 2. The summed E-state index contributed by atoms with van der Waals surface area (Å²) in [5.74, 6) is -0.792. The highest BCUT2D eigenvalue weighted by molar-refractivity contribution is 7.15. The molecular weight excluding hydrogens is 538 g/mol. The largest absolute Gasteiger partial charge is 0.322 e. The van der Waals surface area contributed by atoms with Gasteiger partial charge in [0.15, 0.2) is 0 Å². The summed E-state index contributed by atoms with van der Waals surface area (Å²) in [4.78, 5) is 44.1. The van der Waals surface area contributed by atoms with E-state index in [0.29, 0.717) is 27.1 Å². The molecule has 0 bridgehead atoms. The van der Waals surface area contributed by atoms with E-state index in [-0.39, 0.29) is 27.9 Å². The monoisotopic (exact) mass is 563 g/mol. The van der Waals surface area contributed by atoms with Gasteiger partial charge in [0.25, 0.3) is 17.4 Å². The molecule has 10 nitrogen and oxygen atoms in total. The number of nitrogens with one attached hydrogen (secondary N) is 2. The highest BCUT2D eigenvalue weighted by Crippen LogP contribution is 2.25. The molecule has 2 aromatic heterocycles.